The summed E-state index contributed by atoms with van der Waals surface area (Å²) >= 11 is 0. The molecule has 0 radical (unpaired) electrons. The van der Waals surface area contributed by atoms with Crippen LogP contribution < -0.4 is 10.5 Å². The third-order valence-corrected chi connectivity index (χ3v) is 2.71. The third-order valence-electron chi connectivity index (χ3n) is 2.71. The summed E-state index contributed by atoms with van der Waals surface area (Å²) in [6, 6.07) is 2.52. The van der Waals surface area contributed by atoms with Gasteiger partial charge in [0.1, 0.15) is 17.3 Å². The van der Waals surface area contributed by atoms with Crippen molar-refractivity contribution in [2.75, 3.05) is 6.79 Å². The minimum atomic E-state index is -0.756. The molecule has 0 saturated carbocycles. The van der Waals surface area contributed by atoms with Gasteiger partial charge in [-0.05, 0) is 12.1 Å². The van der Waals surface area contributed by atoms with Crippen LogP contribution >= 0.6 is 0 Å². The first kappa shape index (κ1) is 11.6. The summed E-state index contributed by atoms with van der Waals surface area (Å²) < 4.78 is 24.0. The number of H-pyrrole nitrogens is 1. The van der Waals surface area contributed by atoms with Gasteiger partial charge in [0.2, 0.25) is 0 Å². The van der Waals surface area contributed by atoms with Crippen LogP contribution in [0, 0.1) is 5.82 Å². The molecule has 0 aliphatic carbocycles. The first-order valence-electron chi connectivity index (χ1n) is 5.40. The molecular weight excluding hydrogens is 255 g/mol. The fraction of sp³-hybridized carbons (Fsp3) is 0.182. The molecule has 1 amide bonds. The first-order valence-corrected chi connectivity index (χ1v) is 5.40. The second-order valence-electron chi connectivity index (χ2n) is 3.94. The van der Waals surface area contributed by atoms with Crippen LogP contribution in [0.15, 0.2) is 12.1 Å². The molecule has 2 heterocycles. The molecule has 0 bridgehead atoms. The molecule has 7 nitrogen and oxygen atoms in total. The number of carbonyl (C=O) groups excluding carboxylic acids is 1. The summed E-state index contributed by atoms with van der Waals surface area (Å²) in [7, 11) is 0. The van der Waals surface area contributed by atoms with Gasteiger partial charge < -0.3 is 15.2 Å². The summed E-state index contributed by atoms with van der Waals surface area (Å²) in [5.41, 5.74) is 6.14. The molecule has 0 spiro atoms. The zero-order valence-corrected chi connectivity index (χ0v) is 9.64. The highest BCUT2D eigenvalue weighted by Crippen LogP contribution is 2.36. The van der Waals surface area contributed by atoms with E-state index in [0.29, 0.717) is 16.9 Å². The molecule has 98 valence electrons. The van der Waals surface area contributed by atoms with Gasteiger partial charge in [0.15, 0.2) is 12.5 Å². The number of fused-ring (bicyclic) bond motifs is 1. The van der Waals surface area contributed by atoms with Gasteiger partial charge in [-0.2, -0.15) is 15.4 Å². The van der Waals surface area contributed by atoms with Crippen LogP contribution in [0.3, 0.4) is 0 Å². The van der Waals surface area contributed by atoms with E-state index in [-0.39, 0.29) is 24.8 Å². The van der Waals surface area contributed by atoms with Crippen molar-refractivity contribution in [3.05, 3.63) is 29.2 Å². The summed E-state index contributed by atoms with van der Waals surface area (Å²) in [6.45, 7) is 0.277. The van der Waals surface area contributed by atoms with Gasteiger partial charge in [-0.25, -0.2) is 4.39 Å². The summed E-state index contributed by atoms with van der Waals surface area (Å²) in [5, 5.41) is 9.78. The molecule has 1 aliphatic rings. The number of carbonyl (C=O) groups is 1. The van der Waals surface area contributed by atoms with Crippen LogP contribution in [0.4, 0.5) is 4.39 Å². The first-order chi connectivity index (χ1) is 9.16. The van der Waals surface area contributed by atoms with E-state index in [1.54, 1.807) is 0 Å². The maximum atomic E-state index is 13.6. The van der Waals surface area contributed by atoms with Crippen molar-refractivity contribution < 1.29 is 18.7 Å². The Labute approximate surface area is 106 Å². The molecule has 1 aromatic heterocycles. The monoisotopic (exact) mass is 264 g/mol. The Kier molecular flexibility index (Phi) is 2.64. The molecule has 0 unspecified atom stereocenters. The van der Waals surface area contributed by atoms with E-state index in [1.807, 2.05) is 0 Å². The smallest absolute Gasteiger partial charge is 0.271 e. The Balaban J connectivity index is 2.22. The van der Waals surface area contributed by atoms with E-state index in [4.69, 9.17) is 15.2 Å². The zero-order valence-electron chi connectivity index (χ0n) is 9.64. The van der Waals surface area contributed by atoms with Crippen molar-refractivity contribution in [2.24, 2.45) is 5.73 Å². The van der Waals surface area contributed by atoms with Crippen LogP contribution in [-0.2, 0) is 11.3 Å². The van der Waals surface area contributed by atoms with Crippen molar-refractivity contribution in [2.45, 2.75) is 6.61 Å². The van der Waals surface area contributed by atoms with Crippen LogP contribution in [-0.4, -0.2) is 28.1 Å². The number of aromatic nitrogens is 3. The number of aromatic amines is 1. The summed E-state index contributed by atoms with van der Waals surface area (Å²) in [5.74, 6) is -0.820. The highest BCUT2D eigenvalue weighted by atomic mass is 19.1. The quantitative estimate of drug-likeness (QED) is 0.825. The van der Waals surface area contributed by atoms with E-state index in [0.717, 1.165) is 0 Å². The predicted molar refractivity (Wildman–Crippen MR) is 60.6 cm³/mol. The number of amides is 1. The van der Waals surface area contributed by atoms with Gasteiger partial charge in [-0.15, -0.1) is 0 Å². The van der Waals surface area contributed by atoms with Crippen LogP contribution in [0.25, 0.3) is 11.3 Å². The Morgan fingerprint density at radius 3 is 3.05 bits per heavy atom. The van der Waals surface area contributed by atoms with Crippen LogP contribution in [0.5, 0.6) is 5.75 Å². The molecule has 8 heteroatoms. The number of hydrogen-bond donors (Lipinski definition) is 2. The van der Waals surface area contributed by atoms with Gasteiger partial charge in [0, 0.05) is 5.56 Å². The van der Waals surface area contributed by atoms with E-state index < -0.39 is 11.7 Å². The van der Waals surface area contributed by atoms with Gasteiger partial charge in [-0.3, -0.25) is 4.79 Å². The number of nitrogens with two attached hydrogens (primary N) is 1. The van der Waals surface area contributed by atoms with E-state index in [1.165, 1.54) is 12.1 Å². The lowest BCUT2D eigenvalue weighted by Gasteiger charge is -2.20. The zero-order chi connectivity index (χ0) is 13.4. The molecule has 19 heavy (non-hydrogen) atoms. The molecule has 3 rings (SSSR count). The lowest BCUT2D eigenvalue weighted by atomic mass is 10.0. The Hall–Kier alpha value is -2.48. The van der Waals surface area contributed by atoms with Crippen LogP contribution in [0.1, 0.15) is 16.1 Å². The second-order valence-corrected chi connectivity index (χ2v) is 3.94. The van der Waals surface area contributed by atoms with Crippen molar-refractivity contribution in [1.82, 2.24) is 15.4 Å². The van der Waals surface area contributed by atoms with Crippen molar-refractivity contribution in [1.29, 1.82) is 0 Å². The Morgan fingerprint density at radius 2 is 2.26 bits per heavy atom. The molecule has 0 fully saturated rings. The molecular formula is C11H9FN4O3. The normalized spacial score (nSPS) is 13.7. The number of rotatable bonds is 2. The second kappa shape index (κ2) is 4.32. The number of nitrogens with zero attached hydrogens (tertiary/aromatic N) is 2. The SMILES string of the molecule is NC(=O)c1n[nH]nc1-c1cc(F)cc2c1OCOC2. The lowest BCUT2D eigenvalue weighted by Crippen LogP contribution is -2.15. The topological polar surface area (TPSA) is 103 Å². The molecule has 1 aliphatic heterocycles. The fourth-order valence-electron chi connectivity index (χ4n) is 1.95. The van der Waals surface area contributed by atoms with Crippen molar-refractivity contribution in [3.8, 4) is 17.0 Å². The van der Waals surface area contributed by atoms with E-state index in [9.17, 15) is 9.18 Å². The average Bonchev–Trinajstić information content (AvgIpc) is 2.86. The third kappa shape index (κ3) is 1.91. The molecule has 0 atom stereocenters. The van der Waals surface area contributed by atoms with Gasteiger partial charge in [0.25, 0.3) is 5.91 Å². The number of ether oxygens (including phenoxy) is 2. The van der Waals surface area contributed by atoms with Crippen LogP contribution in [0.2, 0.25) is 0 Å². The molecule has 1 aromatic carbocycles. The number of benzene rings is 1. The maximum absolute atomic E-state index is 13.6. The maximum Gasteiger partial charge on any atom is 0.271 e. The standard InChI is InChI=1S/C11H9FN4O3/c12-6-1-5-3-18-4-19-10(5)7(2-6)8-9(11(13)17)15-16-14-8/h1-2H,3-4H2,(H2,13,17)(H,14,15,16). The Bertz CT molecular complexity index is 655. The lowest BCUT2D eigenvalue weighted by molar-refractivity contribution is -0.0161. The van der Waals surface area contributed by atoms with Gasteiger partial charge in [-0.1, -0.05) is 0 Å². The number of hydrogen-bond acceptors (Lipinski definition) is 5. The number of primary amides is 1. The number of nitrogens with one attached hydrogen (secondary N) is 1. The van der Waals surface area contributed by atoms with Crippen molar-refractivity contribution in [3.63, 3.8) is 0 Å². The van der Waals surface area contributed by atoms with Gasteiger partial charge >= 0.3 is 0 Å². The summed E-state index contributed by atoms with van der Waals surface area (Å²) in [4.78, 5) is 11.2. The van der Waals surface area contributed by atoms with E-state index >= 15 is 0 Å². The van der Waals surface area contributed by atoms with E-state index in [2.05, 4.69) is 15.4 Å². The fourth-order valence-corrected chi connectivity index (χ4v) is 1.95. The molecule has 0 saturated heterocycles. The van der Waals surface area contributed by atoms with Gasteiger partial charge in [0.05, 0.1) is 12.2 Å². The molecule has 3 N–H and O–H groups in total. The number of halogens is 1. The minimum absolute atomic E-state index is 0.0510. The average molecular weight is 264 g/mol. The largest absolute Gasteiger partial charge is 0.466 e. The highest BCUT2D eigenvalue weighted by molar-refractivity contribution is 5.97. The summed E-state index contributed by atoms with van der Waals surface area (Å²) in [6.07, 6.45) is 0. The minimum Gasteiger partial charge on any atom is -0.466 e. The molecule has 2 aromatic rings. The highest BCUT2D eigenvalue weighted by Gasteiger charge is 2.23. The predicted octanol–water partition coefficient (Wildman–Crippen LogP) is 0.576. The Morgan fingerprint density at radius 1 is 1.42 bits per heavy atom. The van der Waals surface area contributed by atoms with Crippen molar-refractivity contribution >= 4 is 5.91 Å².